The first-order valence-electron chi connectivity index (χ1n) is 7.91. The van der Waals surface area contributed by atoms with E-state index in [1.54, 1.807) is 7.11 Å². The number of methoxy groups -OCH3 is 1. The number of nitrogens with zero attached hydrogens (tertiary/aromatic N) is 2. The fourth-order valence-electron chi connectivity index (χ4n) is 2.84. The lowest BCUT2D eigenvalue weighted by Gasteiger charge is -2.21. The molecule has 0 fully saturated rings. The van der Waals surface area contributed by atoms with Crippen LogP contribution >= 0.6 is 0 Å². The van der Waals surface area contributed by atoms with Crippen molar-refractivity contribution in [3.8, 4) is 17.0 Å². The van der Waals surface area contributed by atoms with Crippen molar-refractivity contribution < 1.29 is 4.74 Å². The molecule has 1 aromatic carbocycles. The van der Waals surface area contributed by atoms with Crippen molar-refractivity contribution in [1.82, 2.24) is 15.3 Å². The van der Waals surface area contributed by atoms with Crippen LogP contribution in [-0.4, -0.2) is 23.6 Å². The quantitative estimate of drug-likeness (QED) is 0.942. The van der Waals surface area contributed by atoms with Gasteiger partial charge in [0.05, 0.1) is 18.5 Å². The zero-order valence-corrected chi connectivity index (χ0v) is 13.5. The number of ether oxygens (including phenoxy) is 1. The van der Waals surface area contributed by atoms with E-state index >= 15 is 0 Å². The molecule has 0 atom stereocenters. The highest BCUT2D eigenvalue weighted by molar-refractivity contribution is 5.65. The number of rotatable bonds is 4. The van der Waals surface area contributed by atoms with Gasteiger partial charge in [0.1, 0.15) is 11.6 Å². The van der Waals surface area contributed by atoms with E-state index in [1.165, 1.54) is 11.3 Å². The summed E-state index contributed by atoms with van der Waals surface area (Å²) in [5, 5.41) is 3.43. The average Bonchev–Trinajstić information content (AvgIpc) is 2.53. The minimum Gasteiger partial charge on any atom is -0.497 e. The number of hydrogen-bond donors (Lipinski definition) is 1. The summed E-state index contributed by atoms with van der Waals surface area (Å²) in [5.41, 5.74) is 4.64. The van der Waals surface area contributed by atoms with Gasteiger partial charge in [-0.1, -0.05) is 13.8 Å². The van der Waals surface area contributed by atoms with Gasteiger partial charge < -0.3 is 10.1 Å². The van der Waals surface area contributed by atoms with Gasteiger partial charge in [0, 0.05) is 37.1 Å². The first kappa shape index (κ1) is 15.0. The highest BCUT2D eigenvalue weighted by atomic mass is 16.5. The largest absolute Gasteiger partial charge is 0.497 e. The van der Waals surface area contributed by atoms with Gasteiger partial charge in [0.15, 0.2) is 0 Å². The summed E-state index contributed by atoms with van der Waals surface area (Å²) in [4.78, 5) is 9.66. The number of fused-ring (bicyclic) bond motifs is 1. The molecule has 3 rings (SSSR count). The van der Waals surface area contributed by atoms with Crippen molar-refractivity contribution in [3.63, 3.8) is 0 Å². The molecule has 0 aliphatic carbocycles. The first-order valence-corrected chi connectivity index (χ1v) is 7.91. The van der Waals surface area contributed by atoms with Crippen LogP contribution in [0.5, 0.6) is 5.75 Å². The second kappa shape index (κ2) is 6.44. The fourth-order valence-corrected chi connectivity index (χ4v) is 2.84. The predicted octanol–water partition coefficient (Wildman–Crippen LogP) is 3.00. The number of hydrogen-bond acceptors (Lipinski definition) is 4. The van der Waals surface area contributed by atoms with E-state index < -0.39 is 0 Å². The maximum atomic E-state index is 5.25. The van der Waals surface area contributed by atoms with E-state index in [0.717, 1.165) is 48.8 Å². The second-order valence-corrected chi connectivity index (χ2v) is 6.17. The predicted molar refractivity (Wildman–Crippen MR) is 88.0 cm³/mol. The Balaban J connectivity index is 2.06. The second-order valence-electron chi connectivity index (χ2n) is 6.17. The SMILES string of the molecule is COc1ccc(-c2nc(CC(C)C)nc3c2CNCC3)cc1. The lowest BCUT2D eigenvalue weighted by molar-refractivity contribution is 0.415. The van der Waals surface area contributed by atoms with E-state index in [4.69, 9.17) is 14.7 Å². The lowest BCUT2D eigenvalue weighted by atomic mass is 9.99. The topological polar surface area (TPSA) is 47.0 Å². The highest BCUT2D eigenvalue weighted by Gasteiger charge is 2.19. The molecule has 0 unspecified atom stereocenters. The van der Waals surface area contributed by atoms with Gasteiger partial charge in [-0.25, -0.2) is 9.97 Å². The van der Waals surface area contributed by atoms with Crippen molar-refractivity contribution in [2.75, 3.05) is 13.7 Å². The van der Waals surface area contributed by atoms with Gasteiger partial charge in [0.2, 0.25) is 0 Å². The van der Waals surface area contributed by atoms with E-state index in [0.29, 0.717) is 5.92 Å². The summed E-state index contributed by atoms with van der Waals surface area (Å²) >= 11 is 0. The number of aromatic nitrogens is 2. The van der Waals surface area contributed by atoms with Crippen molar-refractivity contribution in [2.45, 2.75) is 33.2 Å². The molecule has 0 amide bonds. The molecule has 0 saturated heterocycles. The average molecular weight is 297 g/mol. The third-order valence-electron chi connectivity index (χ3n) is 3.93. The van der Waals surface area contributed by atoms with Crippen molar-refractivity contribution in [1.29, 1.82) is 0 Å². The molecule has 22 heavy (non-hydrogen) atoms. The third kappa shape index (κ3) is 3.12. The van der Waals surface area contributed by atoms with Crippen molar-refractivity contribution in [3.05, 3.63) is 41.3 Å². The Kier molecular flexibility index (Phi) is 4.39. The normalized spacial score (nSPS) is 14.0. The molecule has 0 saturated carbocycles. The molecule has 2 heterocycles. The summed E-state index contributed by atoms with van der Waals surface area (Å²) in [6.45, 7) is 6.25. The van der Waals surface area contributed by atoms with E-state index in [2.05, 4.69) is 31.3 Å². The molecule has 1 aromatic heterocycles. The Labute approximate surface area is 132 Å². The molecule has 1 aliphatic heterocycles. The Bertz CT molecular complexity index is 650. The molecule has 2 aromatic rings. The van der Waals surface area contributed by atoms with Gasteiger partial charge in [-0.2, -0.15) is 0 Å². The van der Waals surface area contributed by atoms with Crippen LogP contribution in [0.2, 0.25) is 0 Å². The van der Waals surface area contributed by atoms with Gasteiger partial charge >= 0.3 is 0 Å². The molecule has 0 bridgehead atoms. The van der Waals surface area contributed by atoms with Crippen molar-refractivity contribution >= 4 is 0 Å². The maximum absolute atomic E-state index is 5.25. The summed E-state index contributed by atoms with van der Waals surface area (Å²) in [6, 6.07) is 8.13. The molecular formula is C18H23N3O. The van der Waals surface area contributed by atoms with Crippen LogP contribution in [0.4, 0.5) is 0 Å². The van der Waals surface area contributed by atoms with E-state index in [-0.39, 0.29) is 0 Å². The summed E-state index contributed by atoms with van der Waals surface area (Å²) in [7, 11) is 1.69. The smallest absolute Gasteiger partial charge is 0.129 e. The number of nitrogens with one attached hydrogen (secondary N) is 1. The van der Waals surface area contributed by atoms with E-state index in [9.17, 15) is 0 Å². The van der Waals surface area contributed by atoms with Gasteiger partial charge in [0.25, 0.3) is 0 Å². The van der Waals surface area contributed by atoms with Gasteiger partial charge in [-0.15, -0.1) is 0 Å². The van der Waals surface area contributed by atoms with Gasteiger partial charge in [-0.3, -0.25) is 0 Å². The minimum atomic E-state index is 0.559. The zero-order chi connectivity index (χ0) is 15.5. The van der Waals surface area contributed by atoms with Gasteiger partial charge in [-0.05, 0) is 30.2 Å². The van der Waals surface area contributed by atoms with Crippen LogP contribution in [0.15, 0.2) is 24.3 Å². The Morgan fingerprint density at radius 1 is 1.18 bits per heavy atom. The van der Waals surface area contributed by atoms with Crippen LogP contribution in [0.25, 0.3) is 11.3 Å². The summed E-state index contributed by atoms with van der Waals surface area (Å²) in [6.07, 6.45) is 1.90. The molecule has 1 N–H and O–H groups in total. The molecule has 116 valence electrons. The third-order valence-corrected chi connectivity index (χ3v) is 3.93. The van der Waals surface area contributed by atoms with Crippen LogP contribution in [0.1, 0.15) is 30.9 Å². The first-order chi connectivity index (χ1) is 10.7. The minimum absolute atomic E-state index is 0.559. The maximum Gasteiger partial charge on any atom is 0.129 e. The molecule has 4 nitrogen and oxygen atoms in total. The number of benzene rings is 1. The Morgan fingerprint density at radius 3 is 2.64 bits per heavy atom. The molecule has 4 heteroatoms. The molecule has 0 spiro atoms. The van der Waals surface area contributed by atoms with E-state index in [1.807, 2.05) is 12.1 Å². The Morgan fingerprint density at radius 2 is 1.95 bits per heavy atom. The Hall–Kier alpha value is -1.94. The van der Waals surface area contributed by atoms with Crippen LogP contribution in [0, 0.1) is 5.92 Å². The zero-order valence-electron chi connectivity index (χ0n) is 13.5. The van der Waals surface area contributed by atoms with Crippen LogP contribution in [-0.2, 0) is 19.4 Å². The highest BCUT2D eigenvalue weighted by Crippen LogP contribution is 2.27. The monoisotopic (exact) mass is 297 g/mol. The molecule has 0 radical (unpaired) electrons. The molecule has 1 aliphatic rings. The van der Waals surface area contributed by atoms with Crippen LogP contribution in [0.3, 0.4) is 0 Å². The van der Waals surface area contributed by atoms with Crippen molar-refractivity contribution in [2.24, 2.45) is 5.92 Å². The molecular weight excluding hydrogens is 274 g/mol. The fraction of sp³-hybridized carbons (Fsp3) is 0.444. The van der Waals surface area contributed by atoms with Crippen LogP contribution < -0.4 is 10.1 Å². The summed E-state index contributed by atoms with van der Waals surface area (Å²) < 4.78 is 5.25. The standard InChI is InChI=1S/C18H23N3O/c1-12(2)10-17-20-16-8-9-19-11-15(16)18(21-17)13-4-6-14(22-3)7-5-13/h4-7,12,19H,8-11H2,1-3H3. The summed E-state index contributed by atoms with van der Waals surface area (Å²) in [5.74, 6) is 2.39. The lowest BCUT2D eigenvalue weighted by Crippen LogP contribution is -2.26.